The summed E-state index contributed by atoms with van der Waals surface area (Å²) in [5.41, 5.74) is 0.611. The van der Waals surface area contributed by atoms with Crippen molar-refractivity contribution in [3.8, 4) is 0 Å². The Labute approximate surface area is 93.4 Å². The molecule has 0 saturated heterocycles. The highest BCUT2D eigenvalue weighted by molar-refractivity contribution is 5.75. The quantitative estimate of drug-likeness (QED) is 0.536. The Kier molecular flexibility index (Phi) is 4.91. The van der Waals surface area contributed by atoms with Gasteiger partial charge in [0.1, 0.15) is 6.04 Å². The van der Waals surface area contributed by atoms with E-state index in [9.17, 15) is 4.79 Å². The average Bonchev–Trinajstić information content (AvgIpc) is 2.30. The normalized spacial score (nSPS) is 14.4. The summed E-state index contributed by atoms with van der Waals surface area (Å²) in [6.07, 6.45) is -0.953. The molecule has 0 aromatic heterocycles. The Morgan fingerprint density at radius 3 is 2.44 bits per heavy atom. The number of carboxylic acids is 1. The Morgan fingerprint density at radius 2 is 1.94 bits per heavy atom. The SMILES string of the molecule is O=C(O)C(NCC(O)CO)c1ccccc1. The van der Waals surface area contributed by atoms with Crippen LogP contribution in [0.5, 0.6) is 0 Å². The van der Waals surface area contributed by atoms with Gasteiger partial charge in [-0.1, -0.05) is 30.3 Å². The van der Waals surface area contributed by atoms with E-state index in [0.717, 1.165) is 0 Å². The van der Waals surface area contributed by atoms with Crippen molar-refractivity contribution in [2.45, 2.75) is 12.1 Å². The number of benzene rings is 1. The molecule has 0 amide bonds. The van der Waals surface area contributed by atoms with E-state index in [-0.39, 0.29) is 6.54 Å². The maximum absolute atomic E-state index is 11.0. The molecule has 5 nitrogen and oxygen atoms in total. The summed E-state index contributed by atoms with van der Waals surface area (Å²) in [4.78, 5) is 11.0. The van der Waals surface area contributed by atoms with Crippen molar-refractivity contribution in [3.63, 3.8) is 0 Å². The summed E-state index contributed by atoms with van der Waals surface area (Å²) in [6, 6.07) is 7.80. The minimum Gasteiger partial charge on any atom is -0.480 e. The van der Waals surface area contributed by atoms with Crippen LogP contribution in [0.3, 0.4) is 0 Å². The summed E-state index contributed by atoms with van der Waals surface area (Å²) < 4.78 is 0. The number of aliphatic carboxylic acids is 1. The number of hydrogen-bond donors (Lipinski definition) is 4. The fourth-order valence-electron chi connectivity index (χ4n) is 1.31. The van der Waals surface area contributed by atoms with Crippen molar-refractivity contribution in [2.24, 2.45) is 0 Å². The first-order valence-electron chi connectivity index (χ1n) is 4.95. The molecule has 0 aliphatic rings. The summed E-state index contributed by atoms with van der Waals surface area (Å²) in [7, 11) is 0. The Morgan fingerprint density at radius 1 is 1.31 bits per heavy atom. The van der Waals surface area contributed by atoms with Crippen LogP contribution in [-0.2, 0) is 4.79 Å². The van der Waals surface area contributed by atoms with Crippen molar-refractivity contribution in [1.29, 1.82) is 0 Å². The van der Waals surface area contributed by atoms with Gasteiger partial charge >= 0.3 is 5.97 Å². The number of carbonyl (C=O) groups is 1. The lowest BCUT2D eigenvalue weighted by atomic mass is 10.1. The number of hydrogen-bond acceptors (Lipinski definition) is 4. The van der Waals surface area contributed by atoms with Gasteiger partial charge in [0.05, 0.1) is 12.7 Å². The molecule has 2 atom stereocenters. The van der Waals surface area contributed by atoms with Crippen LogP contribution in [0.2, 0.25) is 0 Å². The molecule has 1 rings (SSSR count). The maximum Gasteiger partial charge on any atom is 0.325 e. The van der Waals surface area contributed by atoms with Gasteiger partial charge in [-0.05, 0) is 5.56 Å². The highest BCUT2D eigenvalue weighted by Gasteiger charge is 2.19. The van der Waals surface area contributed by atoms with Crippen LogP contribution in [0, 0.1) is 0 Å². The fraction of sp³-hybridized carbons (Fsp3) is 0.364. The number of nitrogens with one attached hydrogen (secondary N) is 1. The first-order chi connectivity index (χ1) is 7.65. The molecule has 0 saturated carbocycles. The third-order valence-corrected chi connectivity index (χ3v) is 2.15. The van der Waals surface area contributed by atoms with E-state index in [1.807, 2.05) is 0 Å². The van der Waals surface area contributed by atoms with Crippen molar-refractivity contribution < 1.29 is 20.1 Å². The molecule has 88 valence electrons. The van der Waals surface area contributed by atoms with Crippen LogP contribution in [0.4, 0.5) is 0 Å². The monoisotopic (exact) mass is 225 g/mol. The van der Waals surface area contributed by atoms with E-state index in [4.69, 9.17) is 15.3 Å². The van der Waals surface area contributed by atoms with Gasteiger partial charge in [0.15, 0.2) is 0 Å². The van der Waals surface area contributed by atoms with Crippen LogP contribution in [0.25, 0.3) is 0 Å². The van der Waals surface area contributed by atoms with Crippen LogP contribution in [0.15, 0.2) is 30.3 Å². The predicted molar refractivity (Wildman–Crippen MR) is 57.9 cm³/mol. The van der Waals surface area contributed by atoms with Crippen LogP contribution >= 0.6 is 0 Å². The largest absolute Gasteiger partial charge is 0.480 e. The molecular formula is C11H15NO4. The van der Waals surface area contributed by atoms with E-state index in [0.29, 0.717) is 5.56 Å². The summed E-state index contributed by atoms with van der Waals surface area (Å²) in [5, 5.41) is 29.4. The van der Waals surface area contributed by atoms with E-state index >= 15 is 0 Å². The van der Waals surface area contributed by atoms with Crippen molar-refractivity contribution in [2.75, 3.05) is 13.2 Å². The van der Waals surface area contributed by atoms with Gasteiger partial charge in [-0.2, -0.15) is 0 Å². The third kappa shape index (κ3) is 3.62. The number of carboxylic acid groups (broad SMARTS) is 1. The first-order valence-corrected chi connectivity index (χ1v) is 4.95. The third-order valence-electron chi connectivity index (χ3n) is 2.15. The molecule has 4 N–H and O–H groups in total. The van der Waals surface area contributed by atoms with Gasteiger partial charge < -0.3 is 15.3 Å². The summed E-state index contributed by atoms with van der Waals surface area (Å²) in [5.74, 6) is -1.02. The Balaban J connectivity index is 2.66. The average molecular weight is 225 g/mol. The zero-order valence-corrected chi connectivity index (χ0v) is 8.71. The van der Waals surface area contributed by atoms with Gasteiger partial charge in [-0.15, -0.1) is 0 Å². The smallest absolute Gasteiger partial charge is 0.325 e. The molecule has 0 aliphatic carbocycles. The molecule has 16 heavy (non-hydrogen) atoms. The molecule has 0 heterocycles. The molecule has 0 bridgehead atoms. The second-order valence-corrected chi connectivity index (χ2v) is 3.43. The molecule has 0 fully saturated rings. The van der Waals surface area contributed by atoms with Crippen molar-refractivity contribution >= 4 is 5.97 Å². The van der Waals surface area contributed by atoms with E-state index in [1.165, 1.54) is 0 Å². The molecule has 1 aromatic carbocycles. The van der Waals surface area contributed by atoms with Gasteiger partial charge in [-0.3, -0.25) is 10.1 Å². The highest BCUT2D eigenvalue weighted by atomic mass is 16.4. The fourth-order valence-corrected chi connectivity index (χ4v) is 1.31. The van der Waals surface area contributed by atoms with Crippen molar-refractivity contribution in [1.82, 2.24) is 5.32 Å². The molecule has 1 aromatic rings. The topological polar surface area (TPSA) is 89.8 Å². The second-order valence-electron chi connectivity index (χ2n) is 3.43. The minimum absolute atomic E-state index is 0.0301. The number of rotatable bonds is 6. The number of aliphatic hydroxyl groups excluding tert-OH is 2. The summed E-state index contributed by atoms with van der Waals surface area (Å²) >= 11 is 0. The Hall–Kier alpha value is -1.43. The zero-order chi connectivity index (χ0) is 12.0. The molecule has 2 unspecified atom stereocenters. The van der Waals surface area contributed by atoms with E-state index < -0.39 is 24.7 Å². The number of aliphatic hydroxyl groups is 2. The molecule has 0 aliphatic heterocycles. The van der Waals surface area contributed by atoms with Gasteiger partial charge in [-0.25, -0.2) is 0 Å². The standard InChI is InChI=1S/C11H15NO4/c13-7-9(14)6-12-10(11(15)16)8-4-2-1-3-5-8/h1-5,9-10,12-14H,6-7H2,(H,15,16). The van der Waals surface area contributed by atoms with Crippen LogP contribution < -0.4 is 5.32 Å². The van der Waals surface area contributed by atoms with Crippen molar-refractivity contribution in [3.05, 3.63) is 35.9 Å². The minimum atomic E-state index is -1.02. The zero-order valence-electron chi connectivity index (χ0n) is 8.71. The van der Waals surface area contributed by atoms with Crippen LogP contribution in [0.1, 0.15) is 11.6 Å². The molecular weight excluding hydrogens is 210 g/mol. The molecule has 0 radical (unpaired) electrons. The molecule has 0 spiro atoms. The van der Waals surface area contributed by atoms with E-state index in [2.05, 4.69) is 5.32 Å². The maximum atomic E-state index is 11.0. The predicted octanol–water partition coefficient (Wildman–Crippen LogP) is -0.245. The Bertz CT molecular complexity index is 328. The first kappa shape index (κ1) is 12.6. The van der Waals surface area contributed by atoms with E-state index in [1.54, 1.807) is 30.3 Å². The van der Waals surface area contributed by atoms with Gasteiger partial charge in [0.25, 0.3) is 0 Å². The second kappa shape index (κ2) is 6.22. The lowest BCUT2D eigenvalue weighted by Gasteiger charge is -2.16. The lowest BCUT2D eigenvalue weighted by molar-refractivity contribution is -0.139. The van der Waals surface area contributed by atoms with Gasteiger partial charge in [0.2, 0.25) is 0 Å². The van der Waals surface area contributed by atoms with Crippen LogP contribution in [-0.4, -0.2) is 40.5 Å². The van der Waals surface area contributed by atoms with Gasteiger partial charge in [0, 0.05) is 6.54 Å². The lowest BCUT2D eigenvalue weighted by Crippen LogP contribution is -2.36. The highest BCUT2D eigenvalue weighted by Crippen LogP contribution is 2.12. The summed E-state index contributed by atoms with van der Waals surface area (Å²) in [6.45, 7) is -0.365. The molecule has 5 heteroatoms.